The van der Waals surface area contributed by atoms with E-state index < -0.39 is 5.91 Å². The number of carbonyl (C=O) groups excluding carboxylic acids is 1. The van der Waals surface area contributed by atoms with Gasteiger partial charge in [0, 0.05) is 42.2 Å². The summed E-state index contributed by atoms with van der Waals surface area (Å²) in [5.74, 6) is 0.0604. The lowest BCUT2D eigenvalue weighted by atomic mass is 9.80. The van der Waals surface area contributed by atoms with Crippen LogP contribution in [0.25, 0.3) is 16.6 Å². The van der Waals surface area contributed by atoms with Crippen LogP contribution in [0.2, 0.25) is 0 Å². The maximum Gasteiger partial charge on any atom is 0.252 e. The summed E-state index contributed by atoms with van der Waals surface area (Å²) in [4.78, 5) is 16.4. The number of piperidine rings is 1. The number of primary amides is 1. The van der Waals surface area contributed by atoms with Crippen molar-refractivity contribution < 1.29 is 9.53 Å². The van der Waals surface area contributed by atoms with Crippen LogP contribution in [0, 0.1) is 5.41 Å². The summed E-state index contributed by atoms with van der Waals surface area (Å²) < 4.78 is 6.90. The molecule has 4 rings (SSSR count). The van der Waals surface area contributed by atoms with Crippen molar-refractivity contribution in [1.29, 1.82) is 0 Å². The zero-order valence-corrected chi connectivity index (χ0v) is 16.9. The van der Waals surface area contributed by atoms with Crippen LogP contribution in [-0.4, -0.2) is 46.7 Å². The molecule has 0 spiro atoms. The van der Waals surface area contributed by atoms with Crippen LogP contribution in [-0.2, 0) is 0 Å². The van der Waals surface area contributed by atoms with E-state index in [2.05, 4.69) is 34.6 Å². The number of pyridine rings is 1. The fourth-order valence-electron chi connectivity index (χ4n) is 3.84. The molecule has 0 aromatic carbocycles. The number of anilines is 1. The molecule has 1 fully saturated rings. The molecule has 3 aromatic rings. The van der Waals surface area contributed by atoms with Gasteiger partial charge in [-0.05, 0) is 30.5 Å². The second kappa shape index (κ2) is 7.36. The number of amides is 1. The average molecular weight is 394 g/mol. The molecule has 29 heavy (non-hydrogen) atoms. The van der Waals surface area contributed by atoms with Gasteiger partial charge in [-0.2, -0.15) is 5.10 Å². The largest absolute Gasteiger partial charge is 0.481 e. The summed E-state index contributed by atoms with van der Waals surface area (Å²) in [7, 11) is 1.59. The number of nitrogens with zero attached hydrogens (tertiary/aromatic N) is 3. The van der Waals surface area contributed by atoms with E-state index in [0.717, 1.165) is 41.8 Å². The van der Waals surface area contributed by atoms with Gasteiger partial charge < -0.3 is 21.1 Å². The number of carbonyl (C=O) groups is 1. The van der Waals surface area contributed by atoms with Gasteiger partial charge in [-0.3, -0.25) is 4.79 Å². The highest BCUT2D eigenvalue weighted by Gasteiger charge is 2.33. The number of rotatable bonds is 5. The van der Waals surface area contributed by atoms with Gasteiger partial charge in [0.2, 0.25) is 5.88 Å². The van der Waals surface area contributed by atoms with E-state index in [-0.39, 0.29) is 11.5 Å². The van der Waals surface area contributed by atoms with Crippen LogP contribution >= 0.6 is 0 Å². The van der Waals surface area contributed by atoms with Gasteiger partial charge in [0.25, 0.3) is 5.91 Å². The molecule has 0 aliphatic carbocycles. The second-order valence-corrected chi connectivity index (χ2v) is 8.10. The fourth-order valence-corrected chi connectivity index (χ4v) is 3.84. The van der Waals surface area contributed by atoms with Gasteiger partial charge >= 0.3 is 0 Å². The Balaban J connectivity index is 1.79. The number of nitrogens with two attached hydrogens (primary N) is 1. The minimum absolute atomic E-state index is 0.0305. The Morgan fingerprint density at radius 3 is 2.83 bits per heavy atom. The van der Waals surface area contributed by atoms with Crippen molar-refractivity contribution in [2.24, 2.45) is 11.1 Å². The molecule has 1 unspecified atom stereocenters. The highest BCUT2D eigenvalue weighted by Crippen LogP contribution is 2.33. The minimum atomic E-state index is -0.497. The van der Waals surface area contributed by atoms with E-state index in [1.807, 2.05) is 24.4 Å². The molecule has 0 radical (unpaired) electrons. The van der Waals surface area contributed by atoms with Gasteiger partial charge in [-0.15, -0.1) is 0 Å². The number of hydrogen-bond donors (Lipinski definition) is 3. The Kier molecular flexibility index (Phi) is 4.87. The predicted molar refractivity (Wildman–Crippen MR) is 112 cm³/mol. The lowest BCUT2D eigenvalue weighted by Gasteiger charge is -2.40. The van der Waals surface area contributed by atoms with Crippen molar-refractivity contribution >= 4 is 17.1 Å². The topological polar surface area (TPSA) is 107 Å². The minimum Gasteiger partial charge on any atom is -0.481 e. The van der Waals surface area contributed by atoms with Crippen molar-refractivity contribution in [3.05, 3.63) is 42.4 Å². The summed E-state index contributed by atoms with van der Waals surface area (Å²) in [6.07, 6.45) is 6.16. The molecule has 0 saturated carbocycles. The first kappa shape index (κ1) is 19.2. The molecule has 4 N–H and O–H groups in total. The molecule has 4 heterocycles. The third-order valence-corrected chi connectivity index (χ3v) is 5.63. The molecule has 8 nitrogen and oxygen atoms in total. The predicted octanol–water partition coefficient (Wildman–Crippen LogP) is 2.30. The average Bonchev–Trinajstić information content (AvgIpc) is 3.14. The summed E-state index contributed by atoms with van der Waals surface area (Å²) in [6.45, 7) is 6.26. The Morgan fingerprint density at radius 1 is 1.34 bits per heavy atom. The molecule has 1 aliphatic rings. The summed E-state index contributed by atoms with van der Waals surface area (Å²) in [6, 6.07) is 5.96. The van der Waals surface area contributed by atoms with E-state index in [4.69, 9.17) is 10.5 Å². The smallest absolute Gasteiger partial charge is 0.252 e. The lowest BCUT2D eigenvalue weighted by molar-refractivity contribution is 0.100. The summed E-state index contributed by atoms with van der Waals surface area (Å²) in [5.41, 5.74) is 9.50. The van der Waals surface area contributed by atoms with Crippen LogP contribution in [0.1, 0.15) is 30.6 Å². The molecule has 3 aromatic heterocycles. The maximum absolute atomic E-state index is 12.1. The van der Waals surface area contributed by atoms with Crippen molar-refractivity contribution in [3.63, 3.8) is 0 Å². The zero-order chi connectivity index (χ0) is 20.6. The molecular weight excluding hydrogens is 368 g/mol. The Morgan fingerprint density at radius 2 is 2.17 bits per heavy atom. The standard InChI is InChI=1S/C21H26N6O2/c1-21(2)12-23-7-6-17(21)26-19-15(20(22)28)10-25-27-11-14(8-16(19)27)13-4-5-18(29-3)24-9-13/h4-5,8-11,17,23,26H,6-7,12H2,1-3H3,(H2,22,28). The Hall–Kier alpha value is -3.13. The van der Waals surface area contributed by atoms with E-state index in [1.165, 1.54) is 6.20 Å². The molecule has 1 saturated heterocycles. The van der Waals surface area contributed by atoms with Crippen molar-refractivity contribution in [3.8, 4) is 17.0 Å². The number of fused-ring (bicyclic) bond motifs is 1. The van der Waals surface area contributed by atoms with Gasteiger partial charge in [0.15, 0.2) is 0 Å². The summed E-state index contributed by atoms with van der Waals surface area (Å²) in [5, 5.41) is 11.4. The van der Waals surface area contributed by atoms with Crippen LogP contribution in [0.3, 0.4) is 0 Å². The van der Waals surface area contributed by atoms with Crippen LogP contribution < -0.4 is 21.1 Å². The van der Waals surface area contributed by atoms with Crippen LogP contribution in [0.15, 0.2) is 36.8 Å². The van der Waals surface area contributed by atoms with E-state index in [0.29, 0.717) is 11.4 Å². The van der Waals surface area contributed by atoms with E-state index >= 15 is 0 Å². The first-order valence-corrected chi connectivity index (χ1v) is 9.68. The highest BCUT2D eigenvalue weighted by atomic mass is 16.5. The molecule has 8 heteroatoms. The monoisotopic (exact) mass is 394 g/mol. The molecule has 152 valence electrons. The SMILES string of the molecule is COc1ccc(-c2cc3c(NC4CCNCC4(C)C)c(C(N)=O)cnn3c2)cn1. The Labute approximate surface area is 169 Å². The number of methoxy groups -OCH3 is 1. The van der Waals surface area contributed by atoms with Gasteiger partial charge in [-0.25, -0.2) is 9.50 Å². The zero-order valence-electron chi connectivity index (χ0n) is 16.9. The number of hydrogen-bond acceptors (Lipinski definition) is 6. The third-order valence-electron chi connectivity index (χ3n) is 5.63. The van der Waals surface area contributed by atoms with Gasteiger partial charge in [0.1, 0.15) is 0 Å². The molecule has 1 amide bonds. The first-order chi connectivity index (χ1) is 13.9. The molecular formula is C21H26N6O2. The molecule has 1 atom stereocenters. The quantitative estimate of drug-likeness (QED) is 0.613. The lowest BCUT2D eigenvalue weighted by Crippen LogP contribution is -2.50. The highest BCUT2D eigenvalue weighted by molar-refractivity contribution is 6.02. The third kappa shape index (κ3) is 3.63. The van der Waals surface area contributed by atoms with Gasteiger partial charge in [0.05, 0.1) is 30.1 Å². The van der Waals surface area contributed by atoms with Crippen LogP contribution in [0.5, 0.6) is 5.88 Å². The molecule has 0 bridgehead atoms. The normalized spacial score (nSPS) is 18.5. The Bertz CT molecular complexity index is 1040. The van der Waals surface area contributed by atoms with Gasteiger partial charge in [-0.1, -0.05) is 13.8 Å². The summed E-state index contributed by atoms with van der Waals surface area (Å²) >= 11 is 0. The van der Waals surface area contributed by atoms with Crippen molar-refractivity contribution in [2.45, 2.75) is 26.3 Å². The van der Waals surface area contributed by atoms with Crippen LogP contribution in [0.4, 0.5) is 5.69 Å². The van der Waals surface area contributed by atoms with Crippen molar-refractivity contribution in [2.75, 3.05) is 25.5 Å². The molecule has 1 aliphatic heterocycles. The first-order valence-electron chi connectivity index (χ1n) is 9.68. The number of ether oxygens (including phenoxy) is 1. The van der Waals surface area contributed by atoms with E-state index in [1.54, 1.807) is 17.8 Å². The fraction of sp³-hybridized carbons (Fsp3) is 0.381. The number of nitrogens with one attached hydrogen (secondary N) is 2. The number of aromatic nitrogens is 3. The second-order valence-electron chi connectivity index (χ2n) is 8.10. The van der Waals surface area contributed by atoms with Crippen molar-refractivity contribution in [1.82, 2.24) is 19.9 Å². The maximum atomic E-state index is 12.1. The van der Waals surface area contributed by atoms with E-state index in [9.17, 15) is 4.79 Å².